The lowest BCUT2D eigenvalue weighted by atomic mass is 9.91. The van der Waals surface area contributed by atoms with Crippen LogP contribution in [-0.2, 0) is 0 Å². The lowest BCUT2D eigenvalue weighted by Gasteiger charge is -2.35. The molecule has 4 heteroatoms. The number of hydrogen-bond donors (Lipinski definition) is 1. The Hall–Kier alpha value is -3.50. The van der Waals surface area contributed by atoms with E-state index in [0.717, 1.165) is 33.9 Å². The van der Waals surface area contributed by atoms with Crippen LogP contribution in [0.5, 0.6) is 17.2 Å². The van der Waals surface area contributed by atoms with E-state index >= 15 is 0 Å². The molecule has 0 amide bonds. The second kappa shape index (κ2) is 7.73. The van der Waals surface area contributed by atoms with E-state index in [0.29, 0.717) is 0 Å². The summed E-state index contributed by atoms with van der Waals surface area (Å²) in [6.07, 6.45) is -0.267. The molecule has 4 nitrogen and oxygen atoms in total. The molecule has 2 unspecified atom stereocenters. The first-order valence-corrected chi connectivity index (χ1v) is 9.99. The quantitative estimate of drug-likeness (QED) is 0.485. The minimum Gasteiger partial charge on any atom is -0.497 e. The van der Waals surface area contributed by atoms with E-state index in [4.69, 9.17) is 14.2 Å². The molecule has 0 radical (unpaired) electrons. The molecule has 5 rings (SSSR count). The van der Waals surface area contributed by atoms with Crippen molar-refractivity contribution in [3.8, 4) is 17.2 Å². The van der Waals surface area contributed by atoms with E-state index in [1.807, 2.05) is 36.4 Å². The van der Waals surface area contributed by atoms with Gasteiger partial charge in [0.1, 0.15) is 17.2 Å². The van der Waals surface area contributed by atoms with Crippen molar-refractivity contribution in [3.05, 3.63) is 102 Å². The van der Waals surface area contributed by atoms with Gasteiger partial charge < -0.3 is 14.2 Å². The molecule has 1 aliphatic rings. The maximum Gasteiger partial charge on any atom is 0.177 e. The van der Waals surface area contributed by atoms with Crippen molar-refractivity contribution in [2.75, 3.05) is 14.2 Å². The molecule has 4 aromatic rings. The standard InChI is InChI=1S/C26H23NO3/c1-28-20-12-7-18(8-13-20)25-24-22-6-4-3-5-17(22)11-16-23(24)30-26(27-25)19-9-14-21(29-2)15-10-19/h3-16,25-27H,1-2H3. The Balaban J connectivity index is 1.63. The summed E-state index contributed by atoms with van der Waals surface area (Å²) in [6.45, 7) is 0. The van der Waals surface area contributed by atoms with E-state index in [9.17, 15) is 0 Å². The summed E-state index contributed by atoms with van der Waals surface area (Å²) in [7, 11) is 3.36. The largest absolute Gasteiger partial charge is 0.497 e. The van der Waals surface area contributed by atoms with Crippen molar-refractivity contribution in [2.24, 2.45) is 0 Å². The Bertz CT molecular complexity index is 1170. The van der Waals surface area contributed by atoms with Crippen LogP contribution in [0.25, 0.3) is 10.8 Å². The predicted octanol–water partition coefficient (Wildman–Crippen LogP) is 5.63. The average molecular weight is 397 g/mol. The summed E-state index contributed by atoms with van der Waals surface area (Å²) in [5, 5.41) is 6.09. The third-order valence-electron chi connectivity index (χ3n) is 5.65. The lowest BCUT2D eigenvalue weighted by Crippen LogP contribution is -2.35. The molecular weight excluding hydrogens is 374 g/mol. The predicted molar refractivity (Wildman–Crippen MR) is 118 cm³/mol. The Morgan fingerprint density at radius 3 is 2.00 bits per heavy atom. The number of rotatable bonds is 4. The number of nitrogens with one attached hydrogen (secondary N) is 1. The van der Waals surface area contributed by atoms with E-state index in [1.165, 1.54) is 10.8 Å². The monoisotopic (exact) mass is 397 g/mol. The maximum absolute atomic E-state index is 6.42. The van der Waals surface area contributed by atoms with E-state index in [1.54, 1.807) is 14.2 Å². The molecule has 4 aromatic carbocycles. The van der Waals surface area contributed by atoms with Gasteiger partial charge in [-0.05, 0) is 46.7 Å². The molecule has 0 aliphatic carbocycles. The van der Waals surface area contributed by atoms with Gasteiger partial charge in [-0.25, -0.2) is 0 Å². The molecule has 0 aromatic heterocycles. The first-order chi connectivity index (χ1) is 14.8. The summed E-state index contributed by atoms with van der Waals surface area (Å²) in [5.74, 6) is 2.57. The van der Waals surface area contributed by atoms with Gasteiger partial charge in [-0.1, -0.05) is 54.6 Å². The highest BCUT2D eigenvalue weighted by atomic mass is 16.5. The molecule has 0 spiro atoms. The Labute approximate surface area is 176 Å². The Morgan fingerprint density at radius 1 is 0.700 bits per heavy atom. The molecule has 0 saturated heterocycles. The van der Waals surface area contributed by atoms with Gasteiger partial charge in [-0.3, -0.25) is 5.32 Å². The van der Waals surface area contributed by atoms with Crippen LogP contribution in [0, 0.1) is 0 Å². The van der Waals surface area contributed by atoms with Crippen LogP contribution >= 0.6 is 0 Å². The van der Waals surface area contributed by atoms with Gasteiger partial charge in [0.25, 0.3) is 0 Å². The third kappa shape index (κ3) is 3.25. The van der Waals surface area contributed by atoms with E-state index < -0.39 is 0 Å². The topological polar surface area (TPSA) is 39.7 Å². The summed E-state index contributed by atoms with van der Waals surface area (Å²) in [5.41, 5.74) is 3.37. The zero-order valence-corrected chi connectivity index (χ0v) is 17.0. The summed E-state index contributed by atoms with van der Waals surface area (Å²) in [6, 6.07) is 28.8. The first kappa shape index (κ1) is 18.5. The van der Waals surface area contributed by atoms with Crippen molar-refractivity contribution in [2.45, 2.75) is 12.3 Å². The highest BCUT2D eigenvalue weighted by Crippen LogP contribution is 2.42. The van der Waals surface area contributed by atoms with Crippen LogP contribution in [0.15, 0.2) is 84.9 Å². The number of methoxy groups -OCH3 is 2. The van der Waals surface area contributed by atoms with Crippen LogP contribution < -0.4 is 19.5 Å². The second-order valence-electron chi connectivity index (χ2n) is 7.34. The third-order valence-corrected chi connectivity index (χ3v) is 5.65. The van der Waals surface area contributed by atoms with E-state index in [2.05, 4.69) is 53.8 Å². The Kier molecular flexibility index (Phi) is 4.77. The normalized spacial score (nSPS) is 17.8. The highest BCUT2D eigenvalue weighted by molar-refractivity contribution is 5.89. The highest BCUT2D eigenvalue weighted by Gasteiger charge is 2.31. The smallest absolute Gasteiger partial charge is 0.177 e. The number of fused-ring (bicyclic) bond motifs is 3. The van der Waals surface area contributed by atoms with Gasteiger partial charge in [0.15, 0.2) is 6.23 Å². The average Bonchev–Trinajstić information content (AvgIpc) is 2.83. The van der Waals surface area contributed by atoms with Crippen LogP contribution in [0.4, 0.5) is 0 Å². The van der Waals surface area contributed by atoms with Crippen molar-refractivity contribution < 1.29 is 14.2 Å². The van der Waals surface area contributed by atoms with Crippen molar-refractivity contribution >= 4 is 10.8 Å². The van der Waals surface area contributed by atoms with Crippen LogP contribution in [0.1, 0.15) is 29.0 Å². The Morgan fingerprint density at radius 2 is 1.33 bits per heavy atom. The summed E-state index contributed by atoms with van der Waals surface area (Å²) < 4.78 is 17.1. The fourth-order valence-corrected chi connectivity index (χ4v) is 4.07. The molecule has 2 atom stereocenters. The summed E-state index contributed by atoms with van der Waals surface area (Å²) in [4.78, 5) is 0. The molecule has 0 saturated carbocycles. The van der Waals surface area contributed by atoms with Crippen LogP contribution in [-0.4, -0.2) is 14.2 Å². The SMILES string of the molecule is COc1ccc(C2NC(c3ccc(OC)cc3)c3c(ccc4ccccc34)O2)cc1. The molecule has 1 heterocycles. The van der Waals surface area contributed by atoms with Gasteiger partial charge in [0, 0.05) is 11.1 Å². The second-order valence-corrected chi connectivity index (χ2v) is 7.34. The number of hydrogen-bond acceptors (Lipinski definition) is 4. The minimum absolute atomic E-state index is 0.0159. The van der Waals surface area contributed by atoms with Crippen molar-refractivity contribution in [3.63, 3.8) is 0 Å². The van der Waals surface area contributed by atoms with Crippen molar-refractivity contribution in [1.29, 1.82) is 0 Å². The molecule has 0 bridgehead atoms. The molecular formula is C26H23NO3. The fourth-order valence-electron chi connectivity index (χ4n) is 4.07. The van der Waals surface area contributed by atoms with Gasteiger partial charge in [-0.15, -0.1) is 0 Å². The first-order valence-electron chi connectivity index (χ1n) is 9.99. The zero-order chi connectivity index (χ0) is 20.5. The van der Waals surface area contributed by atoms with Crippen LogP contribution in [0.3, 0.4) is 0 Å². The van der Waals surface area contributed by atoms with Crippen molar-refractivity contribution in [1.82, 2.24) is 5.32 Å². The number of benzene rings is 4. The molecule has 1 N–H and O–H groups in total. The van der Waals surface area contributed by atoms with Gasteiger partial charge in [-0.2, -0.15) is 0 Å². The lowest BCUT2D eigenvalue weighted by molar-refractivity contribution is 0.133. The van der Waals surface area contributed by atoms with Gasteiger partial charge in [0.2, 0.25) is 0 Å². The maximum atomic E-state index is 6.42. The van der Waals surface area contributed by atoms with Gasteiger partial charge in [0.05, 0.1) is 20.3 Å². The van der Waals surface area contributed by atoms with Crippen LogP contribution in [0.2, 0.25) is 0 Å². The van der Waals surface area contributed by atoms with Gasteiger partial charge >= 0.3 is 0 Å². The molecule has 0 fully saturated rings. The fraction of sp³-hybridized carbons (Fsp3) is 0.154. The minimum atomic E-state index is -0.267. The molecule has 1 aliphatic heterocycles. The molecule has 30 heavy (non-hydrogen) atoms. The number of ether oxygens (including phenoxy) is 3. The van der Waals surface area contributed by atoms with E-state index in [-0.39, 0.29) is 12.3 Å². The summed E-state index contributed by atoms with van der Waals surface area (Å²) >= 11 is 0. The molecule has 150 valence electrons. The zero-order valence-electron chi connectivity index (χ0n) is 17.0.